The van der Waals surface area contributed by atoms with Crippen LogP contribution in [0.1, 0.15) is 0 Å². The zero-order valence-corrected chi connectivity index (χ0v) is 13.8. The van der Waals surface area contributed by atoms with Crippen LogP contribution in [-0.4, -0.2) is 43.5 Å². The van der Waals surface area contributed by atoms with Crippen LogP contribution in [0, 0.1) is 9.28 Å². The molecule has 0 saturated heterocycles. The molecule has 2 unspecified atom stereocenters. The summed E-state index contributed by atoms with van der Waals surface area (Å²) in [6.07, 6.45) is 0. The predicted octanol–water partition coefficient (Wildman–Crippen LogP) is -1.19. The normalized spacial score (nSPS) is 16.0. The number of hydrogen-bond donors (Lipinski definition) is 2. The zero-order valence-electron chi connectivity index (χ0n) is 10.5. The standard InChI is InChI=1S/C8H7N2O9S4/c11-5-3-1-2-4-6(5)10(23(18)19)8(21(14)15)7(20(12)13)9(4)22(16)17/h1-3,11H,(H,14,15)(H,16,17)(H,18,19)/q-1/p-2. The summed E-state index contributed by atoms with van der Waals surface area (Å²) in [6.45, 7) is 0. The van der Waals surface area contributed by atoms with E-state index in [0.717, 1.165) is 18.2 Å². The first kappa shape index (κ1) is 17.9. The van der Waals surface area contributed by atoms with E-state index >= 15 is 0 Å². The summed E-state index contributed by atoms with van der Waals surface area (Å²) in [7, 11) is -6.60. The molecule has 2 N–H and O–H groups in total. The van der Waals surface area contributed by atoms with E-state index in [-0.39, 0.29) is 7.94 Å². The smallest absolute Gasteiger partial charge is 0.239 e. The van der Waals surface area contributed by atoms with E-state index in [1.54, 1.807) is 0 Å². The highest BCUT2D eigenvalue weighted by Crippen LogP contribution is 2.26. The maximum atomic E-state index is 11.4. The fourth-order valence-electron chi connectivity index (χ4n) is 1.85. The first-order chi connectivity index (χ1) is 10.7. The average Bonchev–Trinajstić information content (AvgIpc) is 2.44. The van der Waals surface area contributed by atoms with E-state index in [2.05, 4.69) is 0 Å². The maximum absolute atomic E-state index is 11.4. The Kier molecular flexibility index (Phi) is 5.09. The summed E-state index contributed by atoms with van der Waals surface area (Å²) < 4.78 is 86.5. The molecular formula is C8H5N2O9S4-3. The summed E-state index contributed by atoms with van der Waals surface area (Å²) in [5, 5.41) is 9.80. The van der Waals surface area contributed by atoms with Crippen LogP contribution in [0.4, 0.5) is 0 Å². The van der Waals surface area contributed by atoms with Gasteiger partial charge in [0.25, 0.3) is 0 Å². The minimum absolute atomic E-state index is 0.0370. The van der Waals surface area contributed by atoms with Crippen LogP contribution in [0.25, 0.3) is 11.0 Å². The minimum Gasteiger partial charge on any atom is -0.755 e. The van der Waals surface area contributed by atoms with Gasteiger partial charge in [-0.25, -0.2) is 0 Å². The fraction of sp³-hybridized carbons (Fsp3) is 0. The second-order valence-corrected chi connectivity index (χ2v) is 7.10. The topological polar surface area (TPSA) is 182 Å². The molecule has 15 heteroatoms. The number of aromatic nitrogens is 2. The highest BCUT2D eigenvalue weighted by Gasteiger charge is 2.13. The van der Waals surface area contributed by atoms with Crippen molar-refractivity contribution < 1.29 is 39.8 Å². The molecule has 0 bridgehead atoms. The molecule has 0 fully saturated rings. The van der Waals surface area contributed by atoms with Gasteiger partial charge in [-0.15, -0.1) is 10.7 Å². The van der Waals surface area contributed by atoms with Gasteiger partial charge in [-0.3, -0.25) is 16.4 Å². The SMILES string of the molecule is O=S([O-])n1c(=S(=O)=O)c(=[S-](=O)O)n(S(=O)[O-])c2c(O)cccc21. The highest BCUT2D eigenvalue weighted by atomic mass is 32.2. The molecule has 0 amide bonds. The number of fused-ring (bicyclic) bond motifs is 1. The van der Waals surface area contributed by atoms with Gasteiger partial charge in [-0.05, 0) is 12.1 Å². The van der Waals surface area contributed by atoms with Gasteiger partial charge in [-0.1, -0.05) is 6.07 Å². The molecule has 2 atom stereocenters. The zero-order chi connectivity index (χ0) is 17.5. The third-order valence-electron chi connectivity index (χ3n) is 2.59. The van der Waals surface area contributed by atoms with Crippen molar-refractivity contribution in [3.05, 3.63) is 27.5 Å². The molecule has 2 aromatic rings. The number of benzene rings is 1. The lowest BCUT2D eigenvalue weighted by molar-refractivity contribution is 0.477. The Morgan fingerprint density at radius 3 is 2.04 bits per heavy atom. The van der Waals surface area contributed by atoms with Gasteiger partial charge in [-0.2, -0.15) is 8.42 Å². The Balaban J connectivity index is 3.65. The van der Waals surface area contributed by atoms with Crippen molar-refractivity contribution in [3.63, 3.8) is 0 Å². The van der Waals surface area contributed by atoms with E-state index in [4.69, 9.17) is 0 Å². The van der Waals surface area contributed by atoms with Gasteiger partial charge < -0.3 is 23.0 Å². The monoisotopic (exact) mass is 401 g/mol. The fourth-order valence-corrected chi connectivity index (χ4v) is 5.15. The Labute approximate surface area is 135 Å². The summed E-state index contributed by atoms with van der Waals surface area (Å²) in [5.41, 5.74) is -1.22. The van der Waals surface area contributed by atoms with Crippen molar-refractivity contribution in [2.24, 2.45) is 0 Å². The first-order valence-corrected chi connectivity index (χ1v) is 9.48. The molecule has 0 spiro atoms. The molecule has 0 aliphatic rings. The van der Waals surface area contributed by atoms with Crippen LogP contribution in [0.5, 0.6) is 5.75 Å². The molecule has 1 aromatic carbocycles. The summed E-state index contributed by atoms with van der Waals surface area (Å²) >= 11 is -6.62. The lowest BCUT2D eigenvalue weighted by Gasteiger charge is -2.22. The van der Waals surface area contributed by atoms with Crippen molar-refractivity contribution >= 4 is 54.5 Å². The van der Waals surface area contributed by atoms with E-state index in [9.17, 15) is 39.8 Å². The minimum atomic E-state index is -3.39. The molecular weight excluding hydrogens is 396 g/mol. The molecule has 128 valence electrons. The van der Waals surface area contributed by atoms with Gasteiger partial charge in [0.1, 0.15) is 11.3 Å². The second-order valence-electron chi connectivity index (χ2n) is 3.76. The quantitative estimate of drug-likeness (QED) is 0.355. The van der Waals surface area contributed by atoms with Gasteiger partial charge in [0, 0.05) is 4.64 Å². The van der Waals surface area contributed by atoms with Gasteiger partial charge in [0.2, 0.25) is 10.3 Å². The molecule has 11 nitrogen and oxygen atoms in total. The number of phenols is 1. The third kappa shape index (κ3) is 2.99. The largest absolute Gasteiger partial charge is 0.755 e. The molecule has 0 saturated carbocycles. The van der Waals surface area contributed by atoms with Crippen LogP contribution in [-0.2, 0) is 47.7 Å². The molecule has 0 aliphatic heterocycles. The molecule has 2 rings (SSSR count). The van der Waals surface area contributed by atoms with Gasteiger partial charge >= 0.3 is 0 Å². The Morgan fingerprint density at radius 1 is 1.04 bits per heavy atom. The number of para-hydroxylation sites is 1. The number of phenolic OH excluding ortho intramolecular Hbond substituents is 1. The van der Waals surface area contributed by atoms with Gasteiger partial charge in [0.15, 0.2) is 4.64 Å². The Morgan fingerprint density at radius 2 is 1.61 bits per heavy atom. The third-order valence-corrected chi connectivity index (χ3v) is 5.69. The summed E-state index contributed by atoms with van der Waals surface area (Å²) in [4.78, 5) is 0. The Bertz CT molecular complexity index is 1160. The highest BCUT2D eigenvalue weighted by molar-refractivity contribution is 7.79. The number of hydrogen-bond acceptors (Lipinski definition) is 9. The maximum Gasteiger partial charge on any atom is 0.239 e. The van der Waals surface area contributed by atoms with Crippen molar-refractivity contribution in [1.82, 2.24) is 7.94 Å². The average molecular weight is 401 g/mol. The van der Waals surface area contributed by atoms with Crippen LogP contribution >= 0.6 is 0 Å². The van der Waals surface area contributed by atoms with E-state index in [0.29, 0.717) is 0 Å². The van der Waals surface area contributed by atoms with Crippen LogP contribution in [0.15, 0.2) is 18.2 Å². The lowest BCUT2D eigenvalue weighted by atomic mass is 10.3. The van der Waals surface area contributed by atoms with Crippen LogP contribution < -0.4 is 0 Å². The second kappa shape index (κ2) is 6.56. The number of nitrogens with zero attached hydrogens (tertiary/aromatic N) is 2. The predicted molar refractivity (Wildman–Crippen MR) is 76.3 cm³/mol. The van der Waals surface area contributed by atoms with Crippen molar-refractivity contribution in [2.75, 3.05) is 0 Å². The number of rotatable bonds is 2. The van der Waals surface area contributed by atoms with Gasteiger partial charge in [0.05, 0.1) is 28.0 Å². The van der Waals surface area contributed by atoms with E-state index in [1.807, 2.05) is 0 Å². The molecule has 0 radical (unpaired) electrons. The van der Waals surface area contributed by atoms with Crippen molar-refractivity contribution in [3.8, 4) is 5.75 Å². The molecule has 1 aromatic heterocycles. The van der Waals surface area contributed by atoms with Crippen LogP contribution in [0.2, 0.25) is 0 Å². The molecule has 23 heavy (non-hydrogen) atoms. The number of aromatic hydroxyl groups is 1. The van der Waals surface area contributed by atoms with E-state index in [1.165, 1.54) is 0 Å². The Hall–Kier alpha value is -1.49. The summed E-state index contributed by atoms with van der Waals surface area (Å²) in [6, 6.07) is 3.13. The molecule has 1 heterocycles. The van der Waals surface area contributed by atoms with E-state index < -0.39 is 69.6 Å². The van der Waals surface area contributed by atoms with Crippen molar-refractivity contribution in [2.45, 2.75) is 0 Å². The lowest BCUT2D eigenvalue weighted by Crippen LogP contribution is -2.18. The molecule has 0 aliphatic carbocycles. The van der Waals surface area contributed by atoms with Crippen LogP contribution in [0.3, 0.4) is 0 Å². The summed E-state index contributed by atoms with van der Waals surface area (Å²) in [5.74, 6) is -0.749. The van der Waals surface area contributed by atoms with Crippen molar-refractivity contribution in [1.29, 1.82) is 0 Å². The first-order valence-electron chi connectivity index (χ1n) is 5.23.